The van der Waals surface area contributed by atoms with Gasteiger partial charge in [-0.05, 0) is 92.3 Å². The zero-order chi connectivity index (χ0) is 22.0. The highest BCUT2D eigenvalue weighted by molar-refractivity contribution is 5.81. The lowest BCUT2D eigenvalue weighted by molar-refractivity contribution is -0.223. The minimum absolute atomic E-state index is 0.155. The second-order valence-electron chi connectivity index (χ2n) is 12.5. The van der Waals surface area contributed by atoms with Crippen molar-refractivity contribution >= 4 is 11.8 Å². The third-order valence-corrected chi connectivity index (χ3v) is 11.7. The number of carbonyl (C=O) groups excluding carboxylic acids is 2. The van der Waals surface area contributed by atoms with E-state index in [-0.39, 0.29) is 28.5 Å². The molecule has 6 rings (SSSR count). The number of esters is 1. The number of carbonyl (C=O) groups is 2. The Labute approximate surface area is 185 Å². The molecule has 0 aromatic rings. The Morgan fingerprint density at radius 1 is 1.06 bits per heavy atom. The summed E-state index contributed by atoms with van der Waals surface area (Å²) >= 11 is 0. The molecule has 0 aliphatic heterocycles. The quantitative estimate of drug-likeness (QED) is 0.667. The Morgan fingerprint density at radius 3 is 2.55 bits per heavy atom. The SMILES string of the molecule is CCOC(=O)CC[C@]1(O)[C@H]2C[C@H]2C2C3C(CC[C@@]21C)[C@@]1(C)CCC(=O)C[C@@]1(O)[C@@H]1C[C@H]31. The van der Waals surface area contributed by atoms with Gasteiger partial charge in [-0.25, -0.2) is 0 Å². The predicted octanol–water partition coefficient (Wildman–Crippen LogP) is 3.50. The third-order valence-electron chi connectivity index (χ3n) is 11.7. The number of ketones is 1. The fourth-order valence-electron chi connectivity index (χ4n) is 10.1. The van der Waals surface area contributed by atoms with Crippen molar-refractivity contribution < 1.29 is 24.5 Å². The van der Waals surface area contributed by atoms with Gasteiger partial charge in [-0.3, -0.25) is 9.59 Å². The van der Waals surface area contributed by atoms with E-state index in [4.69, 9.17) is 4.74 Å². The fraction of sp³-hybridized carbons (Fsp3) is 0.923. The number of hydrogen-bond acceptors (Lipinski definition) is 5. The molecule has 5 nitrogen and oxygen atoms in total. The first-order valence-corrected chi connectivity index (χ1v) is 12.7. The van der Waals surface area contributed by atoms with Crippen LogP contribution in [0.2, 0.25) is 0 Å². The second kappa shape index (κ2) is 6.14. The molecule has 31 heavy (non-hydrogen) atoms. The lowest BCUT2D eigenvalue weighted by Gasteiger charge is -2.64. The van der Waals surface area contributed by atoms with Crippen molar-refractivity contribution in [2.24, 2.45) is 52.3 Å². The summed E-state index contributed by atoms with van der Waals surface area (Å²) in [7, 11) is 0. The van der Waals surface area contributed by atoms with E-state index in [9.17, 15) is 19.8 Å². The van der Waals surface area contributed by atoms with Crippen LogP contribution in [0.25, 0.3) is 0 Å². The van der Waals surface area contributed by atoms with Crippen molar-refractivity contribution in [3.8, 4) is 0 Å². The summed E-state index contributed by atoms with van der Waals surface area (Å²) in [6, 6.07) is 0. The molecule has 0 radical (unpaired) electrons. The minimum atomic E-state index is -0.816. The van der Waals surface area contributed by atoms with E-state index in [1.807, 2.05) is 6.92 Å². The monoisotopic (exact) mass is 430 g/mol. The molecule has 0 bridgehead atoms. The van der Waals surface area contributed by atoms with Gasteiger partial charge in [0.2, 0.25) is 0 Å². The molecule has 0 aromatic heterocycles. The molecular weight excluding hydrogens is 392 g/mol. The van der Waals surface area contributed by atoms with Gasteiger partial charge in [-0.15, -0.1) is 0 Å². The first-order valence-electron chi connectivity index (χ1n) is 12.7. The van der Waals surface area contributed by atoms with E-state index in [2.05, 4.69) is 13.8 Å². The van der Waals surface area contributed by atoms with Crippen molar-refractivity contribution in [2.45, 2.75) is 89.8 Å². The van der Waals surface area contributed by atoms with Crippen LogP contribution in [0.3, 0.4) is 0 Å². The maximum Gasteiger partial charge on any atom is 0.305 e. The fourth-order valence-corrected chi connectivity index (χ4v) is 10.1. The van der Waals surface area contributed by atoms with E-state index < -0.39 is 11.2 Å². The van der Waals surface area contributed by atoms with Gasteiger partial charge in [0.05, 0.1) is 17.8 Å². The van der Waals surface area contributed by atoms with Crippen LogP contribution in [0.1, 0.15) is 78.6 Å². The van der Waals surface area contributed by atoms with Gasteiger partial charge in [0.25, 0.3) is 0 Å². The first-order chi connectivity index (χ1) is 14.6. The van der Waals surface area contributed by atoms with Crippen LogP contribution in [0.15, 0.2) is 0 Å². The average Bonchev–Trinajstić information content (AvgIpc) is 3.61. The van der Waals surface area contributed by atoms with Crippen molar-refractivity contribution in [1.29, 1.82) is 0 Å². The molecular formula is C26H38O5. The molecule has 3 unspecified atom stereocenters. The van der Waals surface area contributed by atoms with Crippen LogP contribution >= 0.6 is 0 Å². The predicted molar refractivity (Wildman–Crippen MR) is 114 cm³/mol. The van der Waals surface area contributed by atoms with Gasteiger partial charge in [0, 0.05) is 24.7 Å². The zero-order valence-corrected chi connectivity index (χ0v) is 19.2. The molecule has 6 fully saturated rings. The van der Waals surface area contributed by atoms with Crippen molar-refractivity contribution in [3.63, 3.8) is 0 Å². The Morgan fingerprint density at radius 2 is 1.81 bits per heavy atom. The van der Waals surface area contributed by atoms with E-state index in [0.717, 1.165) is 32.1 Å². The smallest absolute Gasteiger partial charge is 0.305 e. The summed E-state index contributed by atoms with van der Waals surface area (Å²) in [5.74, 6) is 3.16. The van der Waals surface area contributed by atoms with Gasteiger partial charge >= 0.3 is 5.97 Å². The Kier molecular flexibility index (Phi) is 4.09. The summed E-state index contributed by atoms with van der Waals surface area (Å²) < 4.78 is 5.16. The van der Waals surface area contributed by atoms with Crippen LogP contribution < -0.4 is 0 Å². The molecule has 2 N–H and O–H groups in total. The number of hydrogen-bond donors (Lipinski definition) is 2. The lowest BCUT2D eigenvalue weighted by atomic mass is 9.42. The highest BCUT2D eigenvalue weighted by atomic mass is 16.5. The van der Waals surface area contributed by atoms with Crippen LogP contribution in [0.4, 0.5) is 0 Å². The molecule has 5 heteroatoms. The molecule has 0 amide bonds. The molecule has 0 spiro atoms. The van der Waals surface area contributed by atoms with Gasteiger partial charge in [-0.1, -0.05) is 13.8 Å². The van der Waals surface area contributed by atoms with E-state index >= 15 is 0 Å². The van der Waals surface area contributed by atoms with Crippen LogP contribution in [0, 0.1) is 52.3 Å². The molecule has 0 saturated heterocycles. The zero-order valence-electron chi connectivity index (χ0n) is 19.2. The molecule has 6 aliphatic carbocycles. The first kappa shape index (κ1) is 20.7. The molecule has 0 aromatic carbocycles. The lowest BCUT2D eigenvalue weighted by Crippen LogP contribution is -2.65. The number of fused-ring (bicyclic) bond motifs is 10. The number of Topliss-reactive ketones (excluding diaryl/α,β-unsaturated/α-hetero) is 1. The summed E-state index contributed by atoms with van der Waals surface area (Å²) in [6.45, 7) is 6.80. The third kappa shape index (κ3) is 2.35. The molecule has 11 atom stereocenters. The van der Waals surface area contributed by atoms with Gasteiger partial charge in [0.1, 0.15) is 5.78 Å². The molecule has 6 saturated carbocycles. The van der Waals surface area contributed by atoms with Gasteiger partial charge in [-0.2, -0.15) is 0 Å². The average molecular weight is 431 g/mol. The normalized spacial score (nSPS) is 58.4. The second-order valence-corrected chi connectivity index (χ2v) is 12.5. The van der Waals surface area contributed by atoms with Crippen molar-refractivity contribution in [3.05, 3.63) is 0 Å². The largest absolute Gasteiger partial charge is 0.466 e. The standard InChI is InChI=1S/C26H38O5/c1-4-31-20(28)7-10-25(29)19-12-16(19)22-21-15-11-18(15)26(30)13-14(27)5-8-23(26,2)17(21)6-9-24(22,25)3/h15-19,21-22,29-30H,4-13H2,1-3H3/t15-,16+,17?,18+,19-,21?,22?,23+,24-,25-,26+/m0/s1. The molecule has 172 valence electrons. The summed E-state index contributed by atoms with van der Waals surface area (Å²) in [6.07, 6.45) is 6.71. The van der Waals surface area contributed by atoms with Crippen LogP contribution in [-0.4, -0.2) is 39.8 Å². The highest BCUT2D eigenvalue weighted by Gasteiger charge is 2.81. The Hall–Kier alpha value is -0.940. The summed E-state index contributed by atoms with van der Waals surface area (Å²) in [5.41, 5.74) is -1.93. The number of rotatable bonds is 4. The van der Waals surface area contributed by atoms with Crippen LogP contribution in [-0.2, 0) is 14.3 Å². The highest BCUT2D eigenvalue weighted by Crippen LogP contribution is 2.81. The van der Waals surface area contributed by atoms with Gasteiger partial charge < -0.3 is 14.9 Å². The van der Waals surface area contributed by atoms with Crippen molar-refractivity contribution in [1.82, 2.24) is 0 Å². The Balaban J connectivity index is 1.32. The van der Waals surface area contributed by atoms with Crippen LogP contribution in [0.5, 0.6) is 0 Å². The van der Waals surface area contributed by atoms with E-state index in [1.54, 1.807) is 0 Å². The number of aliphatic hydroxyl groups is 2. The molecule has 6 aliphatic rings. The Bertz CT molecular complexity index is 840. The summed E-state index contributed by atoms with van der Waals surface area (Å²) in [4.78, 5) is 24.4. The van der Waals surface area contributed by atoms with Crippen molar-refractivity contribution in [2.75, 3.05) is 6.61 Å². The maximum absolute atomic E-state index is 12.3. The van der Waals surface area contributed by atoms with E-state index in [0.29, 0.717) is 67.8 Å². The maximum atomic E-state index is 12.3. The summed E-state index contributed by atoms with van der Waals surface area (Å²) in [5, 5.41) is 23.9. The number of ether oxygens (including phenoxy) is 1. The topological polar surface area (TPSA) is 83.8 Å². The van der Waals surface area contributed by atoms with E-state index in [1.165, 1.54) is 0 Å². The molecule has 0 heterocycles. The van der Waals surface area contributed by atoms with Gasteiger partial charge in [0.15, 0.2) is 0 Å². The minimum Gasteiger partial charge on any atom is -0.466 e.